The van der Waals surface area contributed by atoms with Crippen molar-refractivity contribution < 1.29 is 4.74 Å². The number of nitrogens with zero attached hydrogens (tertiary/aromatic N) is 1. The Balaban J connectivity index is 2.62. The molecule has 0 atom stereocenters. The molecule has 0 fully saturated rings. The summed E-state index contributed by atoms with van der Waals surface area (Å²) < 4.78 is 5.51. The summed E-state index contributed by atoms with van der Waals surface area (Å²) in [4.78, 5) is 4.29. The van der Waals surface area contributed by atoms with Crippen LogP contribution in [-0.2, 0) is 0 Å². The van der Waals surface area contributed by atoms with Gasteiger partial charge < -0.3 is 15.8 Å². The zero-order valence-corrected chi connectivity index (χ0v) is 11.0. The van der Waals surface area contributed by atoms with Crippen LogP contribution in [-0.4, -0.2) is 24.7 Å². The van der Waals surface area contributed by atoms with E-state index in [0.29, 0.717) is 13.2 Å². The zero-order chi connectivity index (χ0) is 12.7. The van der Waals surface area contributed by atoms with Gasteiger partial charge in [-0.2, -0.15) is 0 Å². The van der Waals surface area contributed by atoms with Crippen LogP contribution in [0.4, 0.5) is 5.82 Å². The number of pyridine rings is 1. The molecular formula is C13H23N3O. The molecule has 4 heteroatoms. The fraction of sp³-hybridized carbons (Fsp3) is 0.615. The SMILES string of the molecule is CCOc1cccnc1NCC(C)(C)CCN. The lowest BCUT2D eigenvalue weighted by molar-refractivity contribution is 0.337. The van der Waals surface area contributed by atoms with Crippen molar-refractivity contribution >= 4 is 5.82 Å². The van der Waals surface area contributed by atoms with Crippen LogP contribution in [0.2, 0.25) is 0 Å². The van der Waals surface area contributed by atoms with Crippen LogP contribution >= 0.6 is 0 Å². The first-order chi connectivity index (χ1) is 8.09. The van der Waals surface area contributed by atoms with E-state index >= 15 is 0 Å². The van der Waals surface area contributed by atoms with E-state index in [0.717, 1.165) is 24.5 Å². The van der Waals surface area contributed by atoms with E-state index in [2.05, 4.69) is 24.1 Å². The Kier molecular flexibility index (Phi) is 5.22. The van der Waals surface area contributed by atoms with E-state index < -0.39 is 0 Å². The third kappa shape index (κ3) is 4.61. The van der Waals surface area contributed by atoms with Crippen LogP contribution in [0.1, 0.15) is 27.2 Å². The lowest BCUT2D eigenvalue weighted by atomic mass is 9.89. The summed E-state index contributed by atoms with van der Waals surface area (Å²) in [5.41, 5.74) is 5.76. The molecule has 0 saturated carbocycles. The molecule has 1 rings (SSSR count). The van der Waals surface area contributed by atoms with E-state index in [-0.39, 0.29) is 5.41 Å². The summed E-state index contributed by atoms with van der Waals surface area (Å²) in [6, 6.07) is 3.80. The zero-order valence-electron chi connectivity index (χ0n) is 11.0. The van der Waals surface area contributed by atoms with Gasteiger partial charge in [0.25, 0.3) is 0 Å². The van der Waals surface area contributed by atoms with E-state index in [1.807, 2.05) is 19.1 Å². The molecule has 0 bridgehead atoms. The molecule has 0 aliphatic carbocycles. The van der Waals surface area contributed by atoms with Crippen LogP contribution in [0.15, 0.2) is 18.3 Å². The maximum absolute atomic E-state index is 5.59. The largest absolute Gasteiger partial charge is 0.490 e. The highest BCUT2D eigenvalue weighted by molar-refractivity contribution is 5.49. The molecule has 1 aromatic rings. The smallest absolute Gasteiger partial charge is 0.168 e. The number of rotatable bonds is 7. The molecule has 0 spiro atoms. The van der Waals surface area contributed by atoms with Crippen molar-refractivity contribution in [2.75, 3.05) is 25.0 Å². The van der Waals surface area contributed by atoms with Crippen molar-refractivity contribution in [3.63, 3.8) is 0 Å². The first-order valence-electron chi connectivity index (χ1n) is 6.11. The van der Waals surface area contributed by atoms with Gasteiger partial charge >= 0.3 is 0 Å². The third-order valence-electron chi connectivity index (χ3n) is 2.63. The molecule has 17 heavy (non-hydrogen) atoms. The Labute approximate surface area is 104 Å². The average Bonchev–Trinajstić information content (AvgIpc) is 2.28. The summed E-state index contributed by atoms with van der Waals surface area (Å²) >= 11 is 0. The predicted octanol–water partition coefficient (Wildman–Crippen LogP) is 2.27. The fourth-order valence-electron chi connectivity index (χ4n) is 1.60. The maximum Gasteiger partial charge on any atom is 0.168 e. The Morgan fingerprint density at radius 1 is 1.47 bits per heavy atom. The first-order valence-corrected chi connectivity index (χ1v) is 6.11. The Bertz CT molecular complexity index is 339. The average molecular weight is 237 g/mol. The second-order valence-corrected chi connectivity index (χ2v) is 4.84. The van der Waals surface area contributed by atoms with Crippen molar-refractivity contribution in [1.29, 1.82) is 0 Å². The van der Waals surface area contributed by atoms with E-state index in [1.54, 1.807) is 6.20 Å². The van der Waals surface area contributed by atoms with E-state index in [4.69, 9.17) is 10.5 Å². The minimum Gasteiger partial charge on any atom is -0.490 e. The highest BCUT2D eigenvalue weighted by atomic mass is 16.5. The van der Waals surface area contributed by atoms with Gasteiger partial charge in [0.15, 0.2) is 11.6 Å². The van der Waals surface area contributed by atoms with Crippen molar-refractivity contribution in [3.05, 3.63) is 18.3 Å². The van der Waals surface area contributed by atoms with Gasteiger partial charge in [-0.1, -0.05) is 13.8 Å². The predicted molar refractivity (Wildman–Crippen MR) is 71.3 cm³/mol. The van der Waals surface area contributed by atoms with Gasteiger partial charge in [0.1, 0.15) is 0 Å². The minimum atomic E-state index is 0.162. The number of aromatic nitrogens is 1. The summed E-state index contributed by atoms with van der Waals surface area (Å²) in [5.74, 6) is 1.61. The lowest BCUT2D eigenvalue weighted by Gasteiger charge is -2.25. The molecule has 0 aliphatic rings. The van der Waals surface area contributed by atoms with Crippen molar-refractivity contribution in [2.24, 2.45) is 11.1 Å². The van der Waals surface area contributed by atoms with Crippen LogP contribution in [0.25, 0.3) is 0 Å². The Morgan fingerprint density at radius 2 is 2.24 bits per heavy atom. The highest BCUT2D eigenvalue weighted by Crippen LogP contribution is 2.24. The summed E-state index contributed by atoms with van der Waals surface area (Å²) in [6.07, 6.45) is 2.75. The van der Waals surface area contributed by atoms with Crippen molar-refractivity contribution in [2.45, 2.75) is 27.2 Å². The Hall–Kier alpha value is -1.29. The monoisotopic (exact) mass is 237 g/mol. The molecule has 0 unspecified atom stereocenters. The minimum absolute atomic E-state index is 0.162. The molecule has 1 heterocycles. The van der Waals surface area contributed by atoms with Crippen LogP contribution in [0.3, 0.4) is 0 Å². The van der Waals surface area contributed by atoms with Crippen molar-refractivity contribution in [3.8, 4) is 5.75 Å². The second-order valence-electron chi connectivity index (χ2n) is 4.84. The normalized spacial score (nSPS) is 11.3. The number of hydrogen-bond acceptors (Lipinski definition) is 4. The molecule has 3 N–H and O–H groups in total. The maximum atomic E-state index is 5.59. The molecular weight excluding hydrogens is 214 g/mol. The molecule has 0 saturated heterocycles. The highest BCUT2D eigenvalue weighted by Gasteiger charge is 2.17. The summed E-state index contributed by atoms with van der Waals surface area (Å²) in [6.45, 7) is 8.53. The van der Waals surface area contributed by atoms with Gasteiger partial charge in [-0.05, 0) is 37.4 Å². The third-order valence-corrected chi connectivity index (χ3v) is 2.63. The summed E-state index contributed by atoms with van der Waals surface area (Å²) in [7, 11) is 0. The van der Waals surface area contributed by atoms with Gasteiger partial charge in [0, 0.05) is 12.7 Å². The molecule has 1 aromatic heterocycles. The quantitative estimate of drug-likeness (QED) is 0.763. The van der Waals surface area contributed by atoms with Gasteiger partial charge in [0.2, 0.25) is 0 Å². The van der Waals surface area contributed by atoms with Crippen LogP contribution in [0.5, 0.6) is 5.75 Å². The number of ether oxygens (including phenoxy) is 1. The molecule has 0 aromatic carbocycles. The topological polar surface area (TPSA) is 60.2 Å². The van der Waals surface area contributed by atoms with Gasteiger partial charge in [-0.25, -0.2) is 4.98 Å². The molecule has 96 valence electrons. The lowest BCUT2D eigenvalue weighted by Crippen LogP contribution is -2.26. The summed E-state index contributed by atoms with van der Waals surface area (Å²) in [5, 5.41) is 3.33. The van der Waals surface area contributed by atoms with Gasteiger partial charge in [-0.15, -0.1) is 0 Å². The van der Waals surface area contributed by atoms with Gasteiger partial charge in [-0.3, -0.25) is 0 Å². The van der Waals surface area contributed by atoms with Gasteiger partial charge in [0.05, 0.1) is 6.61 Å². The standard InChI is InChI=1S/C13H23N3O/c1-4-17-11-6-5-9-15-12(11)16-10-13(2,3)7-8-14/h5-6,9H,4,7-8,10,14H2,1-3H3,(H,15,16). The van der Waals surface area contributed by atoms with Crippen molar-refractivity contribution in [1.82, 2.24) is 4.98 Å². The number of nitrogens with two attached hydrogens (primary N) is 1. The molecule has 0 amide bonds. The number of anilines is 1. The fourth-order valence-corrected chi connectivity index (χ4v) is 1.60. The molecule has 4 nitrogen and oxygen atoms in total. The number of hydrogen-bond donors (Lipinski definition) is 2. The molecule has 0 aliphatic heterocycles. The second kappa shape index (κ2) is 6.45. The molecule has 0 radical (unpaired) electrons. The van der Waals surface area contributed by atoms with E-state index in [1.165, 1.54) is 0 Å². The van der Waals surface area contributed by atoms with E-state index in [9.17, 15) is 0 Å². The van der Waals surface area contributed by atoms with Crippen LogP contribution < -0.4 is 15.8 Å². The van der Waals surface area contributed by atoms with Crippen LogP contribution in [0, 0.1) is 5.41 Å². The number of nitrogens with one attached hydrogen (secondary N) is 1. The Morgan fingerprint density at radius 3 is 2.88 bits per heavy atom. The first kappa shape index (κ1) is 13.8.